The molecule has 0 radical (unpaired) electrons. The van der Waals surface area contributed by atoms with Crippen LogP contribution < -0.4 is 11.5 Å². The van der Waals surface area contributed by atoms with Crippen molar-refractivity contribution in [1.29, 1.82) is 0 Å². The highest BCUT2D eigenvalue weighted by Crippen LogP contribution is 2.15. The Balaban J connectivity index is 2.83. The second kappa shape index (κ2) is 4.71. The lowest BCUT2D eigenvalue weighted by molar-refractivity contribution is 0.621. The summed E-state index contributed by atoms with van der Waals surface area (Å²) in [6.45, 7) is 0. The Bertz CT molecular complexity index is 385. The molecule has 0 amide bonds. The van der Waals surface area contributed by atoms with Crippen LogP contribution in [0.3, 0.4) is 0 Å². The van der Waals surface area contributed by atoms with Gasteiger partial charge in [0, 0.05) is 0 Å². The van der Waals surface area contributed by atoms with Gasteiger partial charge in [-0.05, 0) is 33.6 Å². The molecule has 0 saturated heterocycles. The van der Waals surface area contributed by atoms with E-state index in [9.17, 15) is 4.39 Å². The summed E-state index contributed by atoms with van der Waals surface area (Å²) >= 11 is 3.03. The van der Waals surface area contributed by atoms with Crippen LogP contribution in [0.5, 0.6) is 0 Å². The van der Waals surface area contributed by atoms with Crippen molar-refractivity contribution in [3.05, 3.63) is 34.1 Å². The van der Waals surface area contributed by atoms with Gasteiger partial charge in [0.1, 0.15) is 5.82 Å². The normalized spacial score (nSPS) is 10.4. The average Bonchev–Trinajstić information content (AvgIpc) is 2.10. The third kappa shape index (κ3) is 3.14. The average molecular weight is 259 g/mol. The van der Waals surface area contributed by atoms with Crippen LogP contribution in [0.2, 0.25) is 0 Å². The molecule has 4 nitrogen and oxygen atoms in total. The number of hydrogen-bond acceptors (Lipinski definition) is 2. The monoisotopic (exact) mass is 258 g/mol. The Labute approximate surface area is 88.6 Å². The van der Waals surface area contributed by atoms with Gasteiger partial charge in [-0.3, -0.25) is 0 Å². The van der Waals surface area contributed by atoms with Crippen LogP contribution in [0.15, 0.2) is 32.9 Å². The molecule has 6 heteroatoms. The zero-order chi connectivity index (χ0) is 10.6. The molecule has 0 atom stereocenters. The van der Waals surface area contributed by atoms with Crippen LogP contribution >= 0.6 is 15.9 Å². The summed E-state index contributed by atoms with van der Waals surface area (Å²) in [4.78, 5) is 0. The van der Waals surface area contributed by atoms with Crippen molar-refractivity contribution in [2.75, 3.05) is 0 Å². The molecule has 0 saturated carbocycles. The molecule has 0 aliphatic rings. The fourth-order valence-corrected chi connectivity index (χ4v) is 1.00. The molecule has 0 bridgehead atoms. The van der Waals surface area contributed by atoms with E-state index in [-0.39, 0.29) is 11.8 Å². The van der Waals surface area contributed by atoms with E-state index in [0.717, 1.165) is 0 Å². The van der Waals surface area contributed by atoms with Crippen molar-refractivity contribution < 1.29 is 4.39 Å². The van der Waals surface area contributed by atoms with Gasteiger partial charge in [0.25, 0.3) is 0 Å². The number of nitrogens with two attached hydrogens (primary N) is 2. The highest BCUT2D eigenvalue weighted by molar-refractivity contribution is 9.10. The third-order valence-electron chi connectivity index (χ3n) is 1.32. The molecule has 0 unspecified atom stereocenters. The van der Waals surface area contributed by atoms with Crippen LogP contribution in [0, 0.1) is 5.82 Å². The fraction of sp³-hybridized carbons (Fsp3) is 0. The Morgan fingerprint density at radius 2 is 2.14 bits per heavy atom. The summed E-state index contributed by atoms with van der Waals surface area (Å²) in [5, 5.41) is 6.92. The Morgan fingerprint density at radius 3 is 2.71 bits per heavy atom. The van der Waals surface area contributed by atoms with Gasteiger partial charge in [-0.15, -0.1) is 5.10 Å². The van der Waals surface area contributed by atoms with Crippen LogP contribution in [0.25, 0.3) is 0 Å². The number of rotatable bonds is 2. The standard InChI is InChI=1S/C8H8BrFN4/c9-6-2-1-5(3-7(6)10)4-13-14-8(11)12/h1-4H,(H4,11,12,14)/b13-4+. The molecule has 14 heavy (non-hydrogen) atoms. The zero-order valence-corrected chi connectivity index (χ0v) is 8.70. The van der Waals surface area contributed by atoms with Gasteiger partial charge in [0.2, 0.25) is 5.96 Å². The van der Waals surface area contributed by atoms with Crippen LogP contribution in [0.1, 0.15) is 5.56 Å². The van der Waals surface area contributed by atoms with E-state index >= 15 is 0 Å². The molecule has 74 valence electrons. The van der Waals surface area contributed by atoms with Crippen molar-refractivity contribution in [3.8, 4) is 0 Å². The SMILES string of the molecule is NC(N)=N/N=C/c1ccc(Br)c(F)c1. The van der Waals surface area contributed by atoms with E-state index in [1.165, 1.54) is 12.3 Å². The first-order valence-corrected chi connectivity index (χ1v) is 4.46. The maximum atomic E-state index is 13.0. The third-order valence-corrected chi connectivity index (χ3v) is 1.97. The van der Waals surface area contributed by atoms with Crippen LogP contribution in [0.4, 0.5) is 4.39 Å². The minimum Gasteiger partial charge on any atom is -0.369 e. The summed E-state index contributed by atoms with van der Waals surface area (Å²) in [6.07, 6.45) is 1.36. The van der Waals surface area contributed by atoms with E-state index in [2.05, 4.69) is 26.1 Å². The first-order chi connectivity index (χ1) is 6.59. The zero-order valence-electron chi connectivity index (χ0n) is 7.11. The van der Waals surface area contributed by atoms with E-state index < -0.39 is 0 Å². The van der Waals surface area contributed by atoms with Gasteiger partial charge >= 0.3 is 0 Å². The van der Waals surface area contributed by atoms with Gasteiger partial charge in [-0.25, -0.2) is 4.39 Å². The first kappa shape index (κ1) is 10.6. The number of benzene rings is 1. The summed E-state index contributed by atoms with van der Waals surface area (Å²) in [5.41, 5.74) is 10.7. The highest BCUT2D eigenvalue weighted by Gasteiger charge is 1.97. The Hall–Kier alpha value is -1.43. The lowest BCUT2D eigenvalue weighted by atomic mass is 10.2. The van der Waals surface area contributed by atoms with Gasteiger partial charge in [0.05, 0.1) is 10.7 Å². The van der Waals surface area contributed by atoms with Crippen molar-refractivity contribution >= 4 is 28.1 Å². The fourth-order valence-electron chi connectivity index (χ4n) is 0.755. The van der Waals surface area contributed by atoms with E-state index in [4.69, 9.17) is 11.5 Å². The van der Waals surface area contributed by atoms with Gasteiger partial charge in [0.15, 0.2) is 0 Å². The molecular weight excluding hydrogens is 251 g/mol. The largest absolute Gasteiger partial charge is 0.369 e. The summed E-state index contributed by atoms with van der Waals surface area (Å²) in [5.74, 6) is -0.502. The lowest BCUT2D eigenvalue weighted by Gasteiger charge is -1.94. The summed E-state index contributed by atoms with van der Waals surface area (Å²) in [7, 11) is 0. The maximum Gasteiger partial charge on any atom is 0.211 e. The molecule has 0 aromatic heterocycles. The van der Waals surface area contributed by atoms with E-state index in [0.29, 0.717) is 10.0 Å². The summed E-state index contributed by atoms with van der Waals surface area (Å²) < 4.78 is 13.4. The molecule has 0 spiro atoms. The smallest absolute Gasteiger partial charge is 0.211 e. The molecule has 1 aromatic carbocycles. The molecule has 0 heterocycles. The number of hydrogen-bond donors (Lipinski definition) is 2. The Kier molecular flexibility index (Phi) is 3.58. The minimum atomic E-state index is -0.362. The highest BCUT2D eigenvalue weighted by atomic mass is 79.9. The van der Waals surface area contributed by atoms with Crippen molar-refractivity contribution in [1.82, 2.24) is 0 Å². The number of guanidine groups is 1. The number of nitrogens with zero attached hydrogens (tertiary/aromatic N) is 2. The molecule has 1 aromatic rings. The van der Waals surface area contributed by atoms with E-state index in [1.807, 2.05) is 0 Å². The van der Waals surface area contributed by atoms with Crippen LogP contribution in [-0.4, -0.2) is 12.2 Å². The number of halogens is 2. The second-order valence-corrected chi connectivity index (χ2v) is 3.30. The molecule has 0 aliphatic carbocycles. The van der Waals surface area contributed by atoms with E-state index in [1.54, 1.807) is 12.1 Å². The quantitative estimate of drug-likeness (QED) is 0.475. The minimum absolute atomic E-state index is 0.140. The summed E-state index contributed by atoms with van der Waals surface area (Å²) in [6, 6.07) is 4.57. The van der Waals surface area contributed by atoms with Gasteiger partial charge in [-0.2, -0.15) is 5.10 Å². The molecule has 4 N–H and O–H groups in total. The molecule has 1 rings (SSSR count). The molecule has 0 aliphatic heterocycles. The lowest BCUT2D eigenvalue weighted by Crippen LogP contribution is -2.21. The Morgan fingerprint density at radius 1 is 1.43 bits per heavy atom. The maximum absolute atomic E-state index is 13.0. The second-order valence-electron chi connectivity index (χ2n) is 2.44. The van der Waals surface area contributed by atoms with Crippen molar-refractivity contribution in [2.45, 2.75) is 0 Å². The predicted octanol–water partition coefficient (Wildman–Crippen LogP) is 1.20. The van der Waals surface area contributed by atoms with Crippen molar-refractivity contribution in [2.24, 2.45) is 21.7 Å². The first-order valence-electron chi connectivity index (χ1n) is 3.66. The predicted molar refractivity (Wildman–Crippen MR) is 57.5 cm³/mol. The van der Waals surface area contributed by atoms with Crippen LogP contribution in [-0.2, 0) is 0 Å². The topological polar surface area (TPSA) is 76.8 Å². The van der Waals surface area contributed by atoms with Crippen molar-refractivity contribution in [3.63, 3.8) is 0 Å². The van der Waals surface area contributed by atoms with Gasteiger partial charge < -0.3 is 11.5 Å². The molecular formula is C8H8BrFN4. The van der Waals surface area contributed by atoms with Gasteiger partial charge in [-0.1, -0.05) is 6.07 Å². The molecule has 0 fully saturated rings.